The lowest BCUT2D eigenvalue weighted by atomic mass is 10.1. The number of amides is 2. The summed E-state index contributed by atoms with van der Waals surface area (Å²) in [6.45, 7) is 4.81. The van der Waals surface area contributed by atoms with E-state index in [1.54, 1.807) is 12.1 Å². The van der Waals surface area contributed by atoms with Gasteiger partial charge in [0.2, 0.25) is 5.91 Å². The molecule has 0 aromatic heterocycles. The minimum Gasteiger partial charge on any atom is -0.452 e. The van der Waals surface area contributed by atoms with Gasteiger partial charge in [0.25, 0.3) is 5.91 Å². The fraction of sp³-hybridized carbons (Fsp3) is 0.211. The maximum atomic E-state index is 12.0. The van der Waals surface area contributed by atoms with Crippen molar-refractivity contribution in [1.29, 1.82) is 0 Å². The molecule has 0 heterocycles. The maximum absolute atomic E-state index is 12.0. The highest BCUT2D eigenvalue weighted by Crippen LogP contribution is 2.19. The number of anilines is 2. The Hall–Kier alpha value is -3.15. The molecule has 0 unspecified atom stereocenters. The van der Waals surface area contributed by atoms with Gasteiger partial charge in [-0.3, -0.25) is 9.59 Å². The number of carbonyl (C=O) groups excluding carboxylic acids is 3. The molecule has 130 valence electrons. The summed E-state index contributed by atoms with van der Waals surface area (Å²) in [5.74, 6) is -1.20. The third-order valence-corrected chi connectivity index (χ3v) is 3.52. The Bertz CT molecular complexity index is 777. The number of hydrogen-bond acceptors (Lipinski definition) is 4. The van der Waals surface area contributed by atoms with Crippen LogP contribution in [0.15, 0.2) is 42.5 Å². The van der Waals surface area contributed by atoms with Crippen molar-refractivity contribution in [2.45, 2.75) is 20.8 Å². The van der Waals surface area contributed by atoms with Crippen molar-refractivity contribution in [2.24, 2.45) is 0 Å². The summed E-state index contributed by atoms with van der Waals surface area (Å²) >= 11 is 0. The quantitative estimate of drug-likeness (QED) is 0.819. The predicted molar refractivity (Wildman–Crippen MR) is 95.6 cm³/mol. The predicted octanol–water partition coefficient (Wildman–Crippen LogP) is 3.06. The van der Waals surface area contributed by atoms with Crippen LogP contribution in [-0.2, 0) is 14.3 Å². The molecule has 2 aromatic rings. The van der Waals surface area contributed by atoms with E-state index in [1.807, 2.05) is 32.0 Å². The van der Waals surface area contributed by atoms with E-state index in [0.29, 0.717) is 11.3 Å². The van der Waals surface area contributed by atoms with Crippen molar-refractivity contribution in [3.8, 4) is 0 Å². The Kier molecular flexibility index (Phi) is 5.89. The highest BCUT2D eigenvalue weighted by atomic mass is 16.5. The zero-order valence-electron chi connectivity index (χ0n) is 14.4. The molecule has 0 fully saturated rings. The van der Waals surface area contributed by atoms with E-state index in [-0.39, 0.29) is 12.5 Å². The van der Waals surface area contributed by atoms with Gasteiger partial charge < -0.3 is 15.4 Å². The van der Waals surface area contributed by atoms with Gasteiger partial charge in [-0.05, 0) is 49.2 Å². The molecule has 25 heavy (non-hydrogen) atoms. The molecule has 0 saturated carbocycles. The van der Waals surface area contributed by atoms with Gasteiger partial charge >= 0.3 is 5.97 Å². The van der Waals surface area contributed by atoms with Gasteiger partial charge in [-0.15, -0.1) is 0 Å². The molecule has 0 atom stereocenters. The Morgan fingerprint density at radius 3 is 2.08 bits per heavy atom. The summed E-state index contributed by atoms with van der Waals surface area (Å²) in [6, 6.07) is 11.9. The van der Waals surface area contributed by atoms with E-state index < -0.39 is 11.9 Å². The molecule has 0 aliphatic carbocycles. The van der Waals surface area contributed by atoms with E-state index in [4.69, 9.17) is 4.74 Å². The lowest BCUT2D eigenvalue weighted by Crippen LogP contribution is -2.21. The number of carbonyl (C=O) groups is 3. The first-order valence-corrected chi connectivity index (χ1v) is 7.77. The zero-order valence-corrected chi connectivity index (χ0v) is 14.4. The molecule has 0 bridgehead atoms. The molecule has 6 heteroatoms. The largest absolute Gasteiger partial charge is 0.452 e. The Balaban J connectivity index is 1.91. The van der Waals surface area contributed by atoms with Crippen LogP contribution in [0.4, 0.5) is 11.4 Å². The molecule has 0 aliphatic rings. The highest BCUT2D eigenvalue weighted by molar-refractivity contribution is 5.96. The SMILES string of the molecule is CC(=O)Nc1ccc(C(=O)OCC(=O)Nc2c(C)cccc2C)cc1. The fourth-order valence-electron chi connectivity index (χ4n) is 2.29. The van der Waals surface area contributed by atoms with Crippen LogP contribution in [0.5, 0.6) is 0 Å². The average molecular weight is 340 g/mol. The van der Waals surface area contributed by atoms with Gasteiger partial charge in [0.15, 0.2) is 6.61 Å². The summed E-state index contributed by atoms with van der Waals surface area (Å²) < 4.78 is 5.02. The number of nitrogens with one attached hydrogen (secondary N) is 2. The maximum Gasteiger partial charge on any atom is 0.338 e. The molecule has 2 N–H and O–H groups in total. The van der Waals surface area contributed by atoms with Crippen LogP contribution >= 0.6 is 0 Å². The van der Waals surface area contributed by atoms with Gasteiger partial charge in [-0.1, -0.05) is 18.2 Å². The summed E-state index contributed by atoms with van der Waals surface area (Å²) in [6.07, 6.45) is 0. The van der Waals surface area contributed by atoms with E-state index >= 15 is 0 Å². The van der Waals surface area contributed by atoms with Crippen molar-refractivity contribution in [2.75, 3.05) is 17.2 Å². The lowest BCUT2D eigenvalue weighted by molar-refractivity contribution is -0.119. The summed E-state index contributed by atoms with van der Waals surface area (Å²) in [5.41, 5.74) is 3.48. The molecule has 2 amide bonds. The first kappa shape index (κ1) is 18.2. The van der Waals surface area contributed by atoms with E-state index in [0.717, 1.165) is 16.8 Å². The minimum absolute atomic E-state index is 0.196. The Labute approximate surface area is 146 Å². The van der Waals surface area contributed by atoms with Crippen LogP contribution < -0.4 is 10.6 Å². The molecule has 0 saturated heterocycles. The second kappa shape index (κ2) is 8.10. The number of benzene rings is 2. The van der Waals surface area contributed by atoms with Gasteiger partial charge in [0, 0.05) is 18.3 Å². The normalized spacial score (nSPS) is 10.0. The summed E-state index contributed by atoms with van der Waals surface area (Å²) in [4.78, 5) is 34.9. The molecule has 2 aromatic carbocycles. The lowest BCUT2D eigenvalue weighted by Gasteiger charge is -2.11. The number of ether oxygens (including phenoxy) is 1. The van der Waals surface area contributed by atoms with Crippen LogP contribution in [0.25, 0.3) is 0 Å². The second-order valence-electron chi connectivity index (χ2n) is 5.65. The summed E-state index contributed by atoms with van der Waals surface area (Å²) in [5, 5.41) is 5.36. The molecule has 0 radical (unpaired) electrons. The molecule has 6 nitrogen and oxygen atoms in total. The van der Waals surface area contributed by atoms with Crippen LogP contribution in [0.3, 0.4) is 0 Å². The minimum atomic E-state index is -0.606. The van der Waals surface area contributed by atoms with Crippen molar-refractivity contribution in [3.63, 3.8) is 0 Å². The number of hydrogen-bond donors (Lipinski definition) is 2. The van der Waals surface area contributed by atoms with Gasteiger partial charge in [0.1, 0.15) is 0 Å². The fourth-order valence-corrected chi connectivity index (χ4v) is 2.29. The van der Waals surface area contributed by atoms with Crippen LogP contribution in [0.2, 0.25) is 0 Å². The van der Waals surface area contributed by atoms with Crippen molar-refractivity contribution in [3.05, 3.63) is 59.2 Å². The van der Waals surface area contributed by atoms with Gasteiger partial charge in [-0.2, -0.15) is 0 Å². The van der Waals surface area contributed by atoms with Crippen molar-refractivity contribution >= 4 is 29.2 Å². The smallest absolute Gasteiger partial charge is 0.338 e. The Morgan fingerprint density at radius 1 is 0.920 bits per heavy atom. The number of para-hydroxylation sites is 1. The number of aryl methyl sites for hydroxylation is 2. The van der Waals surface area contributed by atoms with E-state index in [9.17, 15) is 14.4 Å². The monoisotopic (exact) mass is 340 g/mol. The van der Waals surface area contributed by atoms with Crippen molar-refractivity contribution < 1.29 is 19.1 Å². The number of rotatable bonds is 5. The van der Waals surface area contributed by atoms with Gasteiger partial charge in [0.05, 0.1) is 5.56 Å². The van der Waals surface area contributed by atoms with Crippen LogP contribution in [0.1, 0.15) is 28.4 Å². The first-order valence-electron chi connectivity index (χ1n) is 7.77. The molecule has 0 aliphatic heterocycles. The average Bonchev–Trinajstić information content (AvgIpc) is 2.56. The third kappa shape index (κ3) is 5.17. The number of esters is 1. The zero-order chi connectivity index (χ0) is 18.4. The molecular weight excluding hydrogens is 320 g/mol. The molecule has 2 rings (SSSR count). The standard InChI is InChI=1S/C19H20N2O4/c1-12-5-4-6-13(2)18(12)21-17(23)11-25-19(24)15-7-9-16(10-8-15)20-14(3)22/h4-10H,11H2,1-3H3,(H,20,22)(H,21,23). The first-order chi connectivity index (χ1) is 11.9. The van der Waals surface area contributed by atoms with Crippen molar-refractivity contribution in [1.82, 2.24) is 0 Å². The van der Waals surface area contributed by atoms with E-state index in [2.05, 4.69) is 10.6 Å². The van der Waals surface area contributed by atoms with Gasteiger partial charge in [-0.25, -0.2) is 4.79 Å². The van der Waals surface area contributed by atoms with Crippen LogP contribution in [-0.4, -0.2) is 24.4 Å². The van der Waals surface area contributed by atoms with E-state index in [1.165, 1.54) is 19.1 Å². The van der Waals surface area contributed by atoms with Crippen LogP contribution in [0, 0.1) is 13.8 Å². The molecular formula is C19H20N2O4. The highest BCUT2D eigenvalue weighted by Gasteiger charge is 2.12. The summed E-state index contributed by atoms with van der Waals surface area (Å²) in [7, 11) is 0. The third-order valence-electron chi connectivity index (χ3n) is 3.52. The Morgan fingerprint density at radius 2 is 1.52 bits per heavy atom. The topological polar surface area (TPSA) is 84.5 Å². The molecule has 0 spiro atoms. The second-order valence-corrected chi connectivity index (χ2v) is 5.65.